The number of methoxy groups -OCH3 is 1. The monoisotopic (exact) mass is 267 g/mol. The van der Waals surface area contributed by atoms with Crippen LogP contribution in [0.2, 0.25) is 0 Å². The van der Waals surface area contributed by atoms with Gasteiger partial charge in [0.25, 0.3) is 0 Å². The fourth-order valence-electron chi connectivity index (χ4n) is 3.23. The molecule has 2 aromatic carbocycles. The minimum Gasteiger partial charge on any atom is -0.497 e. The Morgan fingerprint density at radius 3 is 2.75 bits per heavy atom. The molecule has 0 fully saturated rings. The summed E-state index contributed by atoms with van der Waals surface area (Å²) in [5, 5.41) is 0. The van der Waals surface area contributed by atoms with Crippen LogP contribution in [0.3, 0.4) is 0 Å². The number of hydrogen-bond donors (Lipinski definition) is 1. The van der Waals surface area contributed by atoms with Crippen molar-refractivity contribution in [1.82, 2.24) is 0 Å². The Balaban J connectivity index is 2.14. The molecule has 2 heteroatoms. The molecule has 2 N–H and O–H groups in total. The molecule has 0 amide bonds. The van der Waals surface area contributed by atoms with Crippen molar-refractivity contribution in [2.75, 3.05) is 7.11 Å². The molecule has 20 heavy (non-hydrogen) atoms. The van der Waals surface area contributed by atoms with E-state index in [0.717, 1.165) is 30.6 Å². The van der Waals surface area contributed by atoms with Gasteiger partial charge in [-0.3, -0.25) is 0 Å². The zero-order valence-electron chi connectivity index (χ0n) is 11.9. The van der Waals surface area contributed by atoms with Gasteiger partial charge in [0.2, 0.25) is 0 Å². The predicted molar refractivity (Wildman–Crippen MR) is 82.0 cm³/mol. The molecule has 3 rings (SSSR count). The molecular formula is C18H21NO. The molecular weight excluding hydrogens is 246 g/mol. The lowest BCUT2D eigenvalue weighted by atomic mass is 9.79. The highest BCUT2D eigenvalue weighted by Crippen LogP contribution is 2.38. The van der Waals surface area contributed by atoms with Crippen LogP contribution in [0.15, 0.2) is 48.5 Å². The summed E-state index contributed by atoms with van der Waals surface area (Å²) in [6.45, 7) is 0. The summed E-state index contributed by atoms with van der Waals surface area (Å²) in [6.07, 6.45) is 4.47. The maximum atomic E-state index is 6.86. The fourth-order valence-corrected chi connectivity index (χ4v) is 3.23. The van der Waals surface area contributed by atoms with E-state index in [2.05, 4.69) is 36.4 Å². The van der Waals surface area contributed by atoms with Crippen LogP contribution in [-0.2, 0) is 12.0 Å². The van der Waals surface area contributed by atoms with E-state index in [1.807, 2.05) is 12.1 Å². The molecule has 1 aliphatic carbocycles. The SMILES string of the molecule is COc1cccc(C2(N)CCCCc3ccccc32)c1. The van der Waals surface area contributed by atoms with Gasteiger partial charge in [0.05, 0.1) is 12.6 Å². The van der Waals surface area contributed by atoms with Gasteiger partial charge in [-0.15, -0.1) is 0 Å². The van der Waals surface area contributed by atoms with Crippen LogP contribution < -0.4 is 10.5 Å². The lowest BCUT2D eigenvalue weighted by Gasteiger charge is -2.31. The highest BCUT2D eigenvalue weighted by molar-refractivity contribution is 5.45. The highest BCUT2D eigenvalue weighted by atomic mass is 16.5. The Labute approximate surface area is 120 Å². The molecule has 0 radical (unpaired) electrons. The van der Waals surface area contributed by atoms with Crippen LogP contribution >= 0.6 is 0 Å². The Morgan fingerprint density at radius 2 is 1.90 bits per heavy atom. The first kappa shape index (κ1) is 13.2. The third kappa shape index (κ3) is 2.20. The van der Waals surface area contributed by atoms with E-state index in [-0.39, 0.29) is 0 Å². The Bertz CT molecular complexity index is 608. The van der Waals surface area contributed by atoms with Gasteiger partial charge in [-0.25, -0.2) is 0 Å². The summed E-state index contributed by atoms with van der Waals surface area (Å²) >= 11 is 0. The van der Waals surface area contributed by atoms with Gasteiger partial charge >= 0.3 is 0 Å². The van der Waals surface area contributed by atoms with Gasteiger partial charge in [-0.2, -0.15) is 0 Å². The predicted octanol–water partition coefficient (Wildman–Crippen LogP) is 3.62. The molecule has 0 aromatic heterocycles. The van der Waals surface area contributed by atoms with Gasteiger partial charge in [0.15, 0.2) is 0 Å². The number of ether oxygens (including phenoxy) is 1. The topological polar surface area (TPSA) is 35.2 Å². The molecule has 2 aromatic rings. The first-order valence-electron chi connectivity index (χ1n) is 7.26. The summed E-state index contributed by atoms with van der Waals surface area (Å²) in [6, 6.07) is 16.8. The lowest BCUT2D eigenvalue weighted by Crippen LogP contribution is -2.38. The number of rotatable bonds is 2. The average Bonchev–Trinajstić information content (AvgIpc) is 2.68. The number of nitrogens with two attached hydrogens (primary N) is 1. The standard InChI is InChI=1S/C18H21NO/c1-20-16-10-6-9-15(13-16)18(19)12-5-4-8-14-7-2-3-11-17(14)18/h2-3,6-7,9-11,13H,4-5,8,12,19H2,1H3. The van der Waals surface area contributed by atoms with E-state index in [1.165, 1.54) is 17.5 Å². The van der Waals surface area contributed by atoms with Gasteiger partial charge in [-0.1, -0.05) is 42.8 Å². The Morgan fingerprint density at radius 1 is 1.05 bits per heavy atom. The molecule has 0 bridgehead atoms. The van der Waals surface area contributed by atoms with Gasteiger partial charge in [0.1, 0.15) is 5.75 Å². The van der Waals surface area contributed by atoms with E-state index >= 15 is 0 Å². The lowest BCUT2D eigenvalue weighted by molar-refractivity contribution is 0.410. The minimum atomic E-state index is -0.401. The van der Waals surface area contributed by atoms with Crippen LogP contribution in [-0.4, -0.2) is 7.11 Å². The van der Waals surface area contributed by atoms with E-state index in [9.17, 15) is 0 Å². The van der Waals surface area contributed by atoms with Crippen molar-refractivity contribution in [3.63, 3.8) is 0 Å². The average molecular weight is 267 g/mol. The van der Waals surface area contributed by atoms with Crippen LogP contribution in [0, 0.1) is 0 Å². The third-order valence-corrected chi connectivity index (χ3v) is 4.35. The second-order valence-electron chi connectivity index (χ2n) is 5.57. The van der Waals surface area contributed by atoms with E-state index < -0.39 is 5.54 Å². The smallest absolute Gasteiger partial charge is 0.119 e. The van der Waals surface area contributed by atoms with E-state index in [1.54, 1.807) is 7.11 Å². The Kier molecular flexibility index (Phi) is 3.49. The number of benzene rings is 2. The van der Waals surface area contributed by atoms with E-state index in [4.69, 9.17) is 10.5 Å². The summed E-state index contributed by atoms with van der Waals surface area (Å²) in [7, 11) is 1.70. The number of hydrogen-bond acceptors (Lipinski definition) is 2. The molecule has 0 aliphatic heterocycles. The van der Waals surface area contributed by atoms with Crippen molar-refractivity contribution in [3.8, 4) is 5.75 Å². The van der Waals surface area contributed by atoms with Crippen molar-refractivity contribution < 1.29 is 4.74 Å². The highest BCUT2D eigenvalue weighted by Gasteiger charge is 2.33. The van der Waals surface area contributed by atoms with Crippen LogP contribution in [0.25, 0.3) is 0 Å². The Hall–Kier alpha value is -1.80. The van der Waals surface area contributed by atoms with Crippen molar-refractivity contribution in [3.05, 3.63) is 65.2 Å². The van der Waals surface area contributed by atoms with Crippen LogP contribution in [0.1, 0.15) is 36.0 Å². The van der Waals surface area contributed by atoms with Gasteiger partial charge < -0.3 is 10.5 Å². The molecule has 1 atom stereocenters. The zero-order chi connectivity index (χ0) is 14.0. The van der Waals surface area contributed by atoms with Crippen molar-refractivity contribution in [2.45, 2.75) is 31.2 Å². The second kappa shape index (κ2) is 5.29. The molecule has 0 spiro atoms. The van der Waals surface area contributed by atoms with Gasteiger partial charge in [0, 0.05) is 0 Å². The third-order valence-electron chi connectivity index (χ3n) is 4.35. The molecule has 0 heterocycles. The van der Waals surface area contributed by atoms with Crippen molar-refractivity contribution in [2.24, 2.45) is 5.73 Å². The first-order chi connectivity index (χ1) is 9.74. The van der Waals surface area contributed by atoms with Crippen LogP contribution in [0.5, 0.6) is 5.75 Å². The molecule has 2 nitrogen and oxygen atoms in total. The molecule has 1 unspecified atom stereocenters. The van der Waals surface area contributed by atoms with Crippen LogP contribution in [0.4, 0.5) is 0 Å². The number of fused-ring (bicyclic) bond motifs is 1. The quantitative estimate of drug-likeness (QED) is 0.843. The normalized spacial score (nSPS) is 21.9. The molecule has 1 aliphatic rings. The maximum Gasteiger partial charge on any atom is 0.119 e. The van der Waals surface area contributed by atoms with Crippen molar-refractivity contribution in [1.29, 1.82) is 0 Å². The van der Waals surface area contributed by atoms with Crippen molar-refractivity contribution >= 4 is 0 Å². The summed E-state index contributed by atoms with van der Waals surface area (Å²) < 4.78 is 5.35. The summed E-state index contributed by atoms with van der Waals surface area (Å²) in [5.74, 6) is 0.869. The second-order valence-corrected chi connectivity index (χ2v) is 5.57. The number of aryl methyl sites for hydroxylation is 1. The summed E-state index contributed by atoms with van der Waals surface area (Å²) in [4.78, 5) is 0. The van der Waals surface area contributed by atoms with E-state index in [0.29, 0.717) is 0 Å². The fraction of sp³-hybridized carbons (Fsp3) is 0.333. The van der Waals surface area contributed by atoms with Gasteiger partial charge in [-0.05, 0) is 48.1 Å². The largest absolute Gasteiger partial charge is 0.497 e. The zero-order valence-corrected chi connectivity index (χ0v) is 11.9. The molecule has 0 saturated heterocycles. The molecule has 0 saturated carbocycles. The first-order valence-corrected chi connectivity index (χ1v) is 7.26. The molecule has 104 valence electrons. The minimum absolute atomic E-state index is 0.401. The maximum absolute atomic E-state index is 6.86. The summed E-state index contributed by atoms with van der Waals surface area (Å²) in [5.41, 5.74) is 10.3.